The van der Waals surface area contributed by atoms with Crippen LogP contribution in [0, 0.1) is 6.92 Å². The van der Waals surface area contributed by atoms with Crippen molar-refractivity contribution in [2.45, 2.75) is 20.3 Å². The lowest BCUT2D eigenvalue weighted by molar-refractivity contribution is 0.486. The van der Waals surface area contributed by atoms with Crippen molar-refractivity contribution in [2.24, 2.45) is 0 Å². The SMILES string of the molecule is CCc1oc(Br)nc1-c1cccc(C)c1. The van der Waals surface area contributed by atoms with E-state index in [0.29, 0.717) is 4.80 Å². The molecule has 2 aromatic rings. The average Bonchev–Trinajstić information content (AvgIpc) is 2.59. The van der Waals surface area contributed by atoms with Gasteiger partial charge < -0.3 is 4.42 Å². The highest BCUT2D eigenvalue weighted by Crippen LogP contribution is 2.27. The quantitative estimate of drug-likeness (QED) is 0.821. The molecule has 0 atom stereocenters. The summed E-state index contributed by atoms with van der Waals surface area (Å²) in [5, 5.41) is 0. The lowest BCUT2D eigenvalue weighted by Crippen LogP contribution is -1.84. The molecule has 78 valence electrons. The number of aromatic nitrogens is 1. The zero-order valence-corrected chi connectivity index (χ0v) is 10.3. The molecule has 2 nitrogen and oxygen atoms in total. The van der Waals surface area contributed by atoms with Crippen molar-refractivity contribution in [3.8, 4) is 11.3 Å². The number of nitrogens with zero attached hydrogens (tertiary/aromatic N) is 1. The van der Waals surface area contributed by atoms with E-state index in [1.807, 2.05) is 6.07 Å². The van der Waals surface area contributed by atoms with Gasteiger partial charge in [0.05, 0.1) is 0 Å². The van der Waals surface area contributed by atoms with Crippen molar-refractivity contribution in [3.05, 3.63) is 40.4 Å². The maximum atomic E-state index is 5.46. The Kier molecular flexibility index (Phi) is 2.91. The van der Waals surface area contributed by atoms with Crippen LogP contribution in [0.3, 0.4) is 0 Å². The Morgan fingerprint density at radius 1 is 1.40 bits per heavy atom. The van der Waals surface area contributed by atoms with Crippen LogP contribution in [0.25, 0.3) is 11.3 Å². The van der Waals surface area contributed by atoms with E-state index in [4.69, 9.17) is 4.42 Å². The molecule has 0 spiro atoms. The smallest absolute Gasteiger partial charge is 0.264 e. The molecule has 0 aliphatic rings. The maximum Gasteiger partial charge on any atom is 0.264 e. The molecule has 0 aliphatic heterocycles. The fourth-order valence-corrected chi connectivity index (χ4v) is 1.95. The Morgan fingerprint density at radius 2 is 2.20 bits per heavy atom. The standard InChI is InChI=1S/C12H12BrNO/c1-3-10-11(14-12(13)15-10)9-6-4-5-8(2)7-9/h4-7H,3H2,1-2H3. The van der Waals surface area contributed by atoms with Gasteiger partial charge in [-0.15, -0.1) is 0 Å². The summed E-state index contributed by atoms with van der Waals surface area (Å²) in [5.74, 6) is 0.924. The number of hydrogen-bond acceptors (Lipinski definition) is 2. The van der Waals surface area contributed by atoms with Gasteiger partial charge in [0.25, 0.3) is 4.80 Å². The first-order valence-electron chi connectivity index (χ1n) is 4.93. The van der Waals surface area contributed by atoms with E-state index in [0.717, 1.165) is 23.4 Å². The van der Waals surface area contributed by atoms with Crippen molar-refractivity contribution in [3.63, 3.8) is 0 Å². The molecule has 1 aromatic heterocycles. The van der Waals surface area contributed by atoms with Crippen molar-refractivity contribution in [2.75, 3.05) is 0 Å². The largest absolute Gasteiger partial charge is 0.436 e. The first-order chi connectivity index (χ1) is 7.20. The summed E-state index contributed by atoms with van der Waals surface area (Å²) < 4.78 is 5.46. The van der Waals surface area contributed by atoms with Crippen LogP contribution in [-0.2, 0) is 6.42 Å². The molecule has 0 unspecified atom stereocenters. The molecule has 0 N–H and O–H groups in total. The van der Waals surface area contributed by atoms with E-state index in [9.17, 15) is 0 Å². The first kappa shape index (κ1) is 10.4. The van der Waals surface area contributed by atoms with E-state index in [1.54, 1.807) is 0 Å². The van der Waals surface area contributed by atoms with Crippen molar-refractivity contribution >= 4 is 15.9 Å². The van der Waals surface area contributed by atoms with Gasteiger partial charge in [-0.2, -0.15) is 0 Å². The number of rotatable bonds is 2. The molecule has 0 aliphatic carbocycles. The number of benzene rings is 1. The van der Waals surface area contributed by atoms with Gasteiger partial charge in [-0.3, -0.25) is 0 Å². The summed E-state index contributed by atoms with van der Waals surface area (Å²) in [6, 6.07) is 8.27. The third-order valence-electron chi connectivity index (χ3n) is 2.28. The fourth-order valence-electron chi connectivity index (χ4n) is 1.58. The van der Waals surface area contributed by atoms with Crippen LogP contribution in [0.4, 0.5) is 0 Å². The lowest BCUT2D eigenvalue weighted by Gasteiger charge is -1.99. The Balaban J connectivity index is 2.53. The number of halogens is 1. The van der Waals surface area contributed by atoms with Crippen LogP contribution in [0.1, 0.15) is 18.2 Å². The highest BCUT2D eigenvalue weighted by Gasteiger charge is 2.11. The molecule has 0 amide bonds. The molecule has 0 saturated heterocycles. The topological polar surface area (TPSA) is 26.0 Å². The van der Waals surface area contributed by atoms with Crippen LogP contribution in [0.2, 0.25) is 0 Å². The Hall–Kier alpha value is -1.09. The van der Waals surface area contributed by atoms with Crippen LogP contribution in [-0.4, -0.2) is 4.98 Å². The van der Waals surface area contributed by atoms with Gasteiger partial charge >= 0.3 is 0 Å². The molecule has 1 heterocycles. The summed E-state index contributed by atoms with van der Waals surface area (Å²) in [6.45, 7) is 4.14. The lowest BCUT2D eigenvalue weighted by atomic mass is 10.1. The van der Waals surface area contributed by atoms with E-state index < -0.39 is 0 Å². The van der Waals surface area contributed by atoms with Crippen LogP contribution in [0.15, 0.2) is 33.5 Å². The molecule has 1 aromatic carbocycles. The predicted molar refractivity (Wildman–Crippen MR) is 63.8 cm³/mol. The van der Waals surface area contributed by atoms with E-state index in [-0.39, 0.29) is 0 Å². The minimum atomic E-state index is 0.552. The average molecular weight is 266 g/mol. The van der Waals surface area contributed by atoms with Crippen molar-refractivity contribution < 1.29 is 4.42 Å². The third kappa shape index (κ3) is 2.12. The monoisotopic (exact) mass is 265 g/mol. The normalized spacial score (nSPS) is 10.6. The van der Waals surface area contributed by atoms with Crippen LogP contribution < -0.4 is 0 Å². The summed E-state index contributed by atoms with van der Waals surface area (Å²) in [7, 11) is 0. The molecular weight excluding hydrogens is 254 g/mol. The van der Waals surface area contributed by atoms with Gasteiger partial charge in [-0.05, 0) is 13.0 Å². The Labute approximate surface area is 97.5 Å². The van der Waals surface area contributed by atoms with Gasteiger partial charge in [-0.25, -0.2) is 4.98 Å². The van der Waals surface area contributed by atoms with Crippen LogP contribution in [0.5, 0.6) is 0 Å². The second-order valence-electron chi connectivity index (χ2n) is 3.46. The highest BCUT2D eigenvalue weighted by molar-refractivity contribution is 9.10. The molecule has 0 saturated carbocycles. The molecule has 3 heteroatoms. The summed E-state index contributed by atoms with van der Waals surface area (Å²) in [6.07, 6.45) is 0.849. The zero-order valence-electron chi connectivity index (χ0n) is 8.75. The second kappa shape index (κ2) is 4.19. The Morgan fingerprint density at radius 3 is 2.87 bits per heavy atom. The molecule has 2 rings (SSSR count). The number of hydrogen-bond donors (Lipinski definition) is 0. The number of oxazole rings is 1. The van der Waals surface area contributed by atoms with Crippen molar-refractivity contribution in [1.29, 1.82) is 0 Å². The maximum absolute atomic E-state index is 5.46. The summed E-state index contributed by atoms with van der Waals surface area (Å²) in [5.41, 5.74) is 3.28. The molecular formula is C12H12BrNO. The zero-order chi connectivity index (χ0) is 10.8. The molecule has 0 bridgehead atoms. The van der Waals surface area contributed by atoms with Gasteiger partial charge in [-0.1, -0.05) is 30.7 Å². The second-order valence-corrected chi connectivity index (χ2v) is 4.14. The Bertz CT molecular complexity index is 476. The van der Waals surface area contributed by atoms with Gasteiger partial charge in [0.2, 0.25) is 0 Å². The first-order valence-corrected chi connectivity index (χ1v) is 5.72. The minimum absolute atomic E-state index is 0.552. The third-order valence-corrected chi connectivity index (χ3v) is 2.62. The van der Waals surface area contributed by atoms with E-state index >= 15 is 0 Å². The molecule has 0 radical (unpaired) electrons. The van der Waals surface area contributed by atoms with E-state index in [2.05, 4.69) is 53.0 Å². The minimum Gasteiger partial charge on any atom is -0.436 e. The predicted octanol–water partition coefficient (Wildman–Crippen LogP) is 3.97. The van der Waals surface area contributed by atoms with Crippen LogP contribution >= 0.6 is 15.9 Å². The summed E-state index contributed by atoms with van der Waals surface area (Å²) >= 11 is 3.26. The molecule has 15 heavy (non-hydrogen) atoms. The number of aryl methyl sites for hydroxylation is 2. The van der Waals surface area contributed by atoms with Gasteiger partial charge in [0, 0.05) is 27.9 Å². The highest BCUT2D eigenvalue weighted by atomic mass is 79.9. The molecule has 0 fully saturated rings. The fraction of sp³-hybridized carbons (Fsp3) is 0.250. The van der Waals surface area contributed by atoms with Gasteiger partial charge in [0.15, 0.2) is 0 Å². The van der Waals surface area contributed by atoms with Gasteiger partial charge in [0.1, 0.15) is 11.5 Å². The van der Waals surface area contributed by atoms with Crippen molar-refractivity contribution in [1.82, 2.24) is 4.98 Å². The van der Waals surface area contributed by atoms with E-state index in [1.165, 1.54) is 5.56 Å². The summed E-state index contributed by atoms with van der Waals surface area (Å²) in [4.78, 5) is 4.89.